The third-order valence-electron chi connectivity index (χ3n) is 6.48. The van der Waals surface area contributed by atoms with Crippen LogP contribution in [-0.4, -0.2) is 41.3 Å². The molecular formula is C25H28F3NO3. The van der Waals surface area contributed by atoms with Crippen molar-refractivity contribution in [2.24, 2.45) is 11.8 Å². The maximum atomic E-state index is 12.8. The van der Waals surface area contributed by atoms with Gasteiger partial charge in [0.15, 0.2) is 0 Å². The zero-order valence-corrected chi connectivity index (χ0v) is 17.9. The number of aliphatic carboxylic acids is 1. The second-order valence-electron chi connectivity index (χ2n) is 9.01. The number of carboxylic acids is 1. The van der Waals surface area contributed by atoms with Crippen molar-refractivity contribution in [1.82, 2.24) is 4.90 Å². The number of carboxylic acid groups (broad SMARTS) is 1. The van der Waals surface area contributed by atoms with Gasteiger partial charge in [0.05, 0.1) is 18.4 Å². The number of hydrogen-bond acceptors (Lipinski definition) is 3. The summed E-state index contributed by atoms with van der Waals surface area (Å²) in [6, 6.07) is 16.0. The molecule has 4 nitrogen and oxygen atoms in total. The first-order chi connectivity index (χ1) is 15.3. The molecule has 4 rings (SSSR count). The molecule has 1 saturated heterocycles. The summed E-state index contributed by atoms with van der Waals surface area (Å²) in [6.07, 6.45) is -2.88. The Kier molecular flexibility index (Phi) is 6.74. The van der Waals surface area contributed by atoms with E-state index in [0.717, 1.165) is 30.8 Å². The molecule has 1 aliphatic heterocycles. The molecule has 7 heteroatoms. The number of likely N-dealkylation sites (tertiary alicyclic amines) is 1. The maximum absolute atomic E-state index is 12.8. The Bertz CT molecular complexity index is 898. The molecular weight excluding hydrogens is 419 g/mol. The largest absolute Gasteiger partial charge is 0.490 e. The van der Waals surface area contributed by atoms with Crippen molar-refractivity contribution in [3.63, 3.8) is 0 Å². The molecule has 0 bridgehead atoms. The van der Waals surface area contributed by atoms with E-state index >= 15 is 0 Å². The quantitative estimate of drug-likeness (QED) is 0.586. The molecule has 32 heavy (non-hydrogen) atoms. The molecule has 0 atom stereocenters. The lowest BCUT2D eigenvalue weighted by Crippen LogP contribution is -2.46. The van der Waals surface area contributed by atoms with Gasteiger partial charge in [0, 0.05) is 19.6 Å². The number of halogens is 3. The summed E-state index contributed by atoms with van der Waals surface area (Å²) in [5.74, 6) is -0.981. The summed E-state index contributed by atoms with van der Waals surface area (Å²) in [7, 11) is 0. The monoisotopic (exact) mass is 447 g/mol. The first kappa shape index (κ1) is 22.6. The SMILES string of the molecule is O=C(O)CC1CN(Cc2ccc(-c3ccc(OC4CCC(C(F)(F)F)CC4)cc3)cc2)C1. The number of rotatable bonds is 7. The van der Waals surface area contributed by atoms with Crippen molar-refractivity contribution < 1.29 is 27.8 Å². The van der Waals surface area contributed by atoms with Crippen LogP contribution in [0.4, 0.5) is 13.2 Å². The van der Waals surface area contributed by atoms with Crippen LogP contribution in [0.1, 0.15) is 37.7 Å². The Hall–Kier alpha value is -2.54. The van der Waals surface area contributed by atoms with Crippen molar-refractivity contribution >= 4 is 5.97 Å². The van der Waals surface area contributed by atoms with Crippen LogP contribution >= 0.6 is 0 Å². The molecule has 1 saturated carbocycles. The number of carbonyl (C=O) groups is 1. The van der Waals surface area contributed by atoms with Gasteiger partial charge in [-0.15, -0.1) is 0 Å². The number of benzene rings is 2. The molecule has 1 N–H and O–H groups in total. The molecule has 0 aromatic heterocycles. The van der Waals surface area contributed by atoms with E-state index in [4.69, 9.17) is 9.84 Å². The number of alkyl halides is 3. The molecule has 2 aliphatic rings. The minimum atomic E-state index is -4.10. The van der Waals surface area contributed by atoms with Gasteiger partial charge in [0.2, 0.25) is 0 Å². The Morgan fingerprint density at radius 2 is 1.50 bits per heavy atom. The van der Waals surface area contributed by atoms with Gasteiger partial charge in [-0.2, -0.15) is 13.2 Å². The first-order valence-electron chi connectivity index (χ1n) is 11.1. The molecule has 1 heterocycles. The average Bonchev–Trinajstić information content (AvgIpc) is 2.73. The third kappa shape index (κ3) is 5.82. The van der Waals surface area contributed by atoms with Crippen LogP contribution in [0.2, 0.25) is 0 Å². The highest BCUT2D eigenvalue weighted by molar-refractivity contribution is 5.67. The van der Waals surface area contributed by atoms with Crippen LogP contribution in [0.5, 0.6) is 5.75 Å². The summed E-state index contributed by atoms with van der Waals surface area (Å²) in [5, 5.41) is 8.84. The average molecular weight is 447 g/mol. The van der Waals surface area contributed by atoms with Gasteiger partial charge in [-0.05, 0) is 60.4 Å². The molecule has 1 aliphatic carbocycles. The van der Waals surface area contributed by atoms with Crippen LogP contribution in [0.25, 0.3) is 11.1 Å². The van der Waals surface area contributed by atoms with Gasteiger partial charge in [-0.3, -0.25) is 9.69 Å². The van der Waals surface area contributed by atoms with E-state index in [1.165, 1.54) is 5.56 Å². The van der Waals surface area contributed by atoms with E-state index in [9.17, 15) is 18.0 Å². The topological polar surface area (TPSA) is 49.8 Å². The Morgan fingerprint density at radius 3 is 2.03 bits per heavy atom. The zero-order chi connectivity index (χ0) is 22.7. The first-order valence-corrected chi connectivity index (χ1v) is 11.1. The van der Waals surface area contributed by atoms with Crippen LogP contribution in [-0.2, 0) is 11.3 Å². The van der Waals surface area contributed by atoms with E-state index in [2.05, 4.69) is 29.2 Å². The van der Waals surface area contributed by atoms with Crippen LogP contribution in [0, 0.1) is 11.8 Å². The predicted octanol–water partition coefficient (Wildman–Crippen LogP) is 5.76. The summed E-state index contributed by atoms with van der Waals surface area (Å²) in [6.45, 7) is 2.47. The van der Waals surface area contributed by atoms with E-state index in [-0.39, 0.29) is 31.3 Å². The number of nitrogens with zero attached hydrogens (tertiary/aromatic N) is 1. The van der Waals surface area contributed by atoms with E-state index in [0.29, 0.717) is 18.6 Å². The van der Waals surface area contributed by atoms with Gasteiger partial charge in [-0.25, -0.2) is 0 Å². The van der Waals surface area contributed by atoms with Crippen molar-refractivity contribution in [1.29, 1.82) is 0 Å². The Balaban J connectivity index is 1.26. The standard InChI is InChI=1S/C25H28F3NO3/c26-25(27,28)21-7-11-23(12-8-21)32-22-9-5-20(6-10-22)19-3-1-17(2-4-19)14-29-15-18(16-29)13-24(30)31/h1-6,9-10,18,21,23H,7-8,11-16H2,(H,30,31). The smallest absolute Gasteiger partial charge is 0.391 e. The van der Waals surface area contributed by atoms with E-state index in [1.807, 2.05) is 24.3 Å². The summed E-state index contributed by atoms with van der Waals surface area (Å²) in [4.78, 5) is 13.0. The van der Waals surface area contributed by atoms with Crippen LogP contribution in [0.15, 0.2) is 48.5 Å². The lowest BCUT2D eigenvalue weighted by molar-refractivity contribution is -0.185. The molecule has 0 spiro atoms. The van der Waals surface area contributed by atoms with Crippen molar-refractivity contribution in [3.05, 3.63) is 54.1 Å². The highest BCUT2D eigenvalue weighted by Crippen LogP contribution is 2.38. The Morgan fingerprint density at radius 1 is 0.938 bits per heavy atom. The fourth-order valence-electron chi connectivity index (χ4n) is 4.67. The second-order valence-corrected chi connectivity index (χ2v) is 9.01. The van der Waals surface area contributed by atoms with Gasteiger partial charge >= 0.3 is 12.1 Å². The van der Waals surface area contributed by atoms with E-state index < -0.39 is 18.1 Å². The third-order valence-corrected chi connectivity index (χ3v) is 6.48. The molecule has 2 aromatic rings. The van der Waals surface area contributed by atoms with Crippen molar-refractivity contribution in [2.45, 2.75) is 50.9 Å². The summed E-state index contributed by atoms with van der Waals surface area (Å²) in [5.41, 5.74) is 3.32. The predicted molar refractivity (Wildman–Crippen MR) is 115 cm³/mol. The lowest BCUT2D eigenvalue weighted by atomic mass is 9.87. The minimum Gasteiger partial charge on any atom is -0.490 e. The number of hydrogen-bond donors (Lipinski definition) is 1. The summed E-state index contributed by atoms with van der Waals surface area (Å²) < 4.78 is 44.3. The fraction of sp³-hybridized carbons (Fsp3) is 0.480. The van der Waals surface area contributed by atoms with Crippen molar-refractivity contribution in [3.8, 4) is 16.9 Å². The highest BCUT2D eigenvalue weighted by Gasteiger charge is 2.41. The molecule has 2 fully saturated rings. The molecule has 0 radical (unpaired) electrons. The van der Waals surface area contributed by atoms with Crippen LogP contribution < -0.4 is 4.74 Å². The zero-order valence-electron chi connectivity index (χ0n) is 17.9. The van der Waals surface area contributed by atoms with Gasteiger partial charge in [0.25, 0.3) is 0 Å². The maximum Gasteiger partial charge on any atom is 0.391 e. The summed E-state index contributed by atoms with van der Waals surface area (Å²) >= 11 is 0. The van der Waals surface area contributed by atoms with E-state index in [1.54, 1.807) is 0 Å². The van der Waals surface area contributed by atoms with Crippen molar-refractivity contribution in [2.75, 3.05) is 13.1 Å². The lowest BCUT2D eigenvalue weighted by Gasteiger charge is -2.38. The highest BCUT2D eigenvalue weighted by atomic mass is 19.4. The van der Waals surface area contributed by atoms with Gasteiger partial charge in [0.1, 0.15) is 5.75 Å². The normalized spacial score (nSPS) is 22.3. The molecule has 0 unspecified atom stereocenters. The van der Waals surface area contributed by atoms with Gasteiger partial charge in [-0.1, -0.05) is 36.4 Å². The van der Waals surface area contributed by atoms with Gasteiger partial charge < -0.3 is 9.84 Å². The van der Waals surface area contributed by atoms with Crippen LogP contribution in [0.3, 0.4) is 0 Å². The fourth-order valence-corrected chi connectivity index (χ4v) is 4.67. The second kappa shape index (κ2) is 9.53. The molecule has 2 aromatic carbocycles. The minimum absolute atomic E-state index is 0.135. The molecule has 0 amide bonds. The Labute approximate surface area is 186 Å². The number of ether oxygens (including phenoxy) is 1. The molecule has 172 valence electrons.